The first-order valence-electron chi connectivity index (χ1n) is 3.37. The summed E-state index contributed by atoms with van der Waals surface area (Å²) in [4.78, 5) is 10.6. The summed E-state index contributed by atoms with van der Waals surface area (Å²) in [5.74, 6) is -0.726. The number of rotatable bonds is 2. The maximum Gasteiger partial charge on any atom is 0.294 e. The summed E-state index contributed by atoms with van der Waals surface area (Å²) in [6, 6.07) is 4.37. The highest BCUT2D eigenvalue weighted by atomic mass is 35.5. The van der Waals surface area contributed by atoms with Gasteiger partial charge in [0.15, 0.2) is 0 Å². The Morgan fingerprint density at radius 1 is 1.46 bits per heavy atom. The molecular weight excluding hydrogens is 215 g/mol. The van der Waals surface area contributed by atoms with Gasteiger partial charge in [-0.2, -0.15) is 0 Å². The normalized spacial score (nSPS) is 9.77. The van der Waals surface area contributed by atoms with Crippen molar-refractivity contribution < 1.29 is 14.6 Å². The average molecular weight is 220 g/mol. The Morgan fingerprint density at radius 3 is 2.69 bits per heavy atom. The number of halogens is 2. The van der Waals surface area contributed by atoms with Crippen LogP contribution >= 0.6 is 23.2 Å². The van der Waals surface area contributed by atoms with Gasteiger partial charge < -0.3 is 9.84 Å². The van der Waals surface area contributed by atoms with Crippen LogP contribution in [-0.2, 0) is 4.79 Å². The Labute approximate surface area is 84.8 Å². The van der Waals surface area contributed by atoms with Crippen LogP contribution < -0.4 is 9.84 Å². The molecule has 0 saturated heterocycles. The minimum absolute atomic E-state index is 0.145. The monoisotopic (exact) mass is 219 g/mol. The Bertz CT molecular complexity index is 325. The van der Waals surface area contributed by atoms with E-state index in [2.05, 4.69) is 4.74 Å². The van der Waals surface area contributed by atoms with Crippen molar-refractivity contribution in [3.63, 3.8) is 0 Å². The number of carbonyl (C=O) groups excluding carboxylic acids is 1. The molecule has 0 aliphatic heterocycles. The van der Waals surface area contributed by atoms with Crippen molar-refractivity contribution in [1.29, 1.82) is 0 Å². The fourth-order valence-corrected chi connectivity index (χ4v) is 1.16. The van der Waals surface area contributed by atoms with E-state index in [4.69, 9.17) is 23.2 Å². The summed E-state index contributed by atoms with van der Waals surface area (Å²) in [6.45, 7) is -0.932. The van der Waals surface area contributed by atoms with Crippen molar-refractivity contribution >= 4 is 29.2 Å². The van der Waals surface area contributed by atoms with Crippen molar-refractivity contribution in [2.24, 2.45) is 0 Å². The summed E-state index contributed by atoms with van der Waals surface area (Å²) >= 11 is 11.3. The first-order valence-corrected chi connectivity index (χ1v) is 4.13. The molecular formula is C8H5Cl2O3-. The largest absolute Gasteiger partial charge is 0.846 e. The van der Waals surface area contributed by atoms with Crippen LogP contribution in [0.5, 0.6) is 5.75 Å². The van der Waals surface area contributed by atoms with Crippen molar-refractivity contribution in [2.75, 3.05) is 6.61 Å². The van der Waals surface area contributed by atoms with Crippen LogP contribution in [0, 0.1) is 0 Å². The topological polar surface area (TPSA) is 49.4 Å². The molecule has 0 heterocycles. The standard InChI is InChI=1S/C8H5Cl2O3/c9-5-1-2-7(6(10)3-5)13-8(12)4-11/h1-3H,4H2/q-1. The van der Waals surface area contributed by atoms with Gasteiger partial charge in [0.2, 0.25) is 0 Å². The van der Waals surface area contributed by atoms with E-state index in [1.54, 1.807) is 0 Å². The SMILES string of the molecule is O=C(C[O-])Oc1ccc(Cl)cc1Cl. The Kier molecular flexibility index (Phi) is 3.54. The third-order valence-corrected chi connectivity index (χ3v) is 1.77. The number of carbonyl (C=O) groups is 1. The van der Waals surface area contributed by atoms with Crippen LogP contribution in [0.4, 0.5) is 0 Å². The molecule has 0 bridgehead atoms. The van der Waals surface area contributed by atoms with Crippen LogP contribution in [-0.4, -0.2) is 12.6 Å². The summed E-state index contributed by atoms with van der Waals surface area (Å²) in [7, 11) is 0. The molecule has 0 saturated carbocycles. The zero-order valence-corrected chi connectivity index (χ0v) is 7.93. The van der Waals surface area contributed by atoms with Gasteiger partial charge in [0.05, 0.1) is 5.02 Å². The fraction of sp³-hybridized carbons (Fsp3) is 0.125. The van der Waals surface area contributed by atoms with Crippen molar-refractivity contribution in [3.05, 3.63) is 28.2 Å². The summed E-state index contributed by atoms with van der Waals surface area (Å²) < 4.78 is 4.61. The Balaban J connectivity index is 2.83. The molecule has 1 rings (SSSR count). The van der Waals surface area contributed by atoms with Crippen LogP contribution in [0.1, 0.15) is 0 Å². The fourth-order valence-electron chi connectivity index (χ4n) is 0.710. The van der Waals surface area contributed by atoms with Gasteiger partial charge in [-0.05, 0) is 24.8 Å². The molecule has 1 aromatic carbocycles. The van der Waals surface area contributed by atoms with Crippen molar-refractivity contribution in [1.82, 2.24) is 0 Å². The predicted octanol–water partition coefficient (Wildman–Crippen LogP) is 1.26. The molecule has 0 radical (unpaired) electrons. The molecule has 3 nitrogen and oxygen atoms in total. The third kappa shape index (κ3) is 2.88. The van der Waals surface area contributed by atoms with Gasteiger partial charge in [0.1, 0.15) is 5.75 Å². The van der Waals surface area contributed by atoms with Gasteiger partial charge in [-0.3, -0.25) is 4.79 Å². The lowest BCUT2D eigenvalue weighted by molar-refractivity contribution is -0.358. The number of benzene rings is 1. The van der Waals surface area contributed by atoms with Gasteiger partial charge in [-0.15, -0.1) is 0 Å². The first kappa shape index (κ1) is 10.3. The lowest BCUT2D eigenvalue weighted by Crippen LogP contribution is -2.22. The van der Waals surface area contributed by atoms with E-state index in [1.165, 1.54) is 18.2 Å². The smallest absolute Gasteiger partial charge is 0.294 e. The van der Waals surface area contributed by atoms with E-state index in [0.717, 1.165) is 0 Å². The zero-order chi connectivity index (χ0) is 9.84. The maximum atomic E-state index is 10.6. The second kappa shape index (κ2) is 4.46. The highest BCUT2D eigenvalue weighted by molar-refractivity contribution is 6.35. The molecule has 0 aliphatic carbocycles. The molecule has 70 valence electrons. The number of esters is 1. The molecule has 0 atom stereocenters. The maximum absolute atomic E-state index is 10.6. The zero-order valence-electron chi connectivity index (χ0n) is 6.42. The summed E-state index contributed by atoms with van der Waals surface area (Å²) in [5.41, 5.74) is 0. The van der Waals surface area contributed by atoms with Crippen molar-refractivity contribution in [3.8, 4) is 5.75 Å². The molecule has 1 aromatic rings. The highest BCUT2D eigenvalue weighted by Gasteiger charge is 2.04. The van der Waals surface area contributed by atoms with E-state index in [-0.39, 0.29) is 10.8 Å². The molecule has 0 amide bonds. The lowest BCUT2D eigenvalue weighted by Gasteiger charge is -2.07. The number of hydrogen-bond donors (Lipinski definition) is 0. The van der Waals surface area contributed by atoms with Gasteiger partial charge in [-0.1, -0.05) is 23.2 Å². The minimum atomic E-state index is -0.932. The first-order chi connectivity index (χ1) is 6.13. The van der Waals surface area contributed by atoms with E-state index in [1.807, 2.05) is 0 Å². The highest BCUT2D eigenvalue weighted by Crippen LogP contribution is 2.27. The van der Waals surface area contributed by atoms with E-state index < -0.39 is 12.6 Å². The van der Waals surface area contributed by atoms with Gasteiger partial charge in [0, 0.05) is 5.02 Å². The molecule has 0 fully saturated rings. The second-order valence-corrected chi connectivity index (χ2v) is 3.04. The van der Waals surface area contributed by atoms with E-state index in [9.17, 15) is 9.90 Å². The van der Waals surface area contributed by atoms with Gasteiger partial charge >= 0.3 is 0 Å². The van der Waals surface area contributed by atoms with Crippen LogP contribution in [0.2, 0.25) is 10.0 Å². The second-order valence-electron chi connectivity index (χ2n) is 2.19. The Morgan fingerprint density at radius 2 is 2.15 bits per heavy atom. The molecule has 5 heteroatoms. The predicted molar refractivity (Wildman–Crippen MR) is 47.0 cm³/mol. The van der Waals surface area contributed by atoms with Crippen LogP contribution in [0.3, 0.4) is 0 Å². The number of ether oxygens (including phenoxy) is 1. The summed E-state index contributed by atoms with van der Waals surface area (Å²) in [5, 5.41) is 10.7. The van der Waals surface area contributed by atoms with Gasteiger partial charge in [0.25, 0.3) is 5.97 Å². The third-order valence-electron chi connectivity index (χ3n) is 1.24. The van der Waals surface area contributed by atoms with Crippen LogP contribution in [0.15, 0.2) is 18.2 Å². The summed E-state index contributed by atoms with van der Waals surface area (Å²) in [6.07, 6.45) is 0. The van der Waals surface area contributed by atoms with Crippen LogP contribution in [0.25, 0.3) is 0 Å². The Hall–Kier alpha value is -0.770. The molecule has 0 aliphatic rings. The quantitative estimate of drug-likeness (QED) is 0.556. The molecule has 0 N–H and O–H groups in total. The molecule has 13 heavy (non-hydrogen) atoms. The molecule has 0 spiro atoms. The average Bonchev–Trinajstić information content (AvgIpc) is 2.09. The molecule has 0 unspecified atom stereocenters. The van der Waals surface area contributed by atoms with Gasteiger partial charge in [-0.25, -0.2) is 0 Å². The minimum Gasteiger partial charge on any atom is -0.846 e. The van der Waals surface area contributed by atoms with E-state index >= 15 is 0 Å². The van der Waals surface area contributed by atoms with E-state index in [0.29, 0.717) is 5.02 Å². The lowest BCUT2D eigenvalue weighted by atomic mass is 10.3. The van der Waals surface area contributed by atoms with Crippen molar-refractivity contribution in [2.45, 2.75) is 0 Å². The number of hydrogen-bond acceptors (Lipinski definition) is 3. The molecule has 0 aromatic heterocycles.